The van der Waals surface area contributed by atoms with Crippen LogP contribution < -0.4 is 10.6 Å². The molecular formula is C12H12Cl2N4. The van der Waals surface area contributed by atoms with Gasteiger partial charge in [0.25, 0.3) is 0 Å². The van der Waals surface area contributed by atoms with Crippen molar-refractivity contribution in [3.8, 4) is 0 Å². The van der Waals surface area contributed by atoms with Gasteiger partial charge in [0.2, 0.25) is 5.95 Å². The molecule has 0 saturated carbocycles. The second kappa shape index (κ2) is 5.42. The van der Waals surface area contributed by atoms with Gasteiger partial charge in [-0.1, -0.05) is 23.2 Å². The molecule has 2 aromatic rings. The van der Waals surface area contributed by atoms with Gasteiger partial charge in [-0.15, -0.1) is 0 Å². The molecule has 2 rings (SSSR count). The van der Waals surface area contributed by atoms with Crippen LogP contribution in [-0.2, 0) is 6.54 Å². The fraction of sp³-hybridized carbons (Fsp3) is 0.167. The van der Waals surface area contributed by atoms with Crippen molar-refractivity contribution < 1.29 is 0 Å². The lowest BCUT2D eigenvalue weighted by atomic mass is 10.2. The highest BCUT2D eigenvalue weighted by Crippen LogP contribution is 2.21. The Labute approximate surface area is 115 Å². The molecule has 1 aromatic heterocycles. The van der Waals surface area contributed by atoms with Crippen LogP contribution in [0.4, 0.5) is 11.6 Å². The molecule has 0 aliphatic rings. The van der Waals surface area contributed by atoms with Gasteiger partial charge in [0.1, 0.15) is 0 Å². The number of benzene rings is 1. The van der Waals surface area contributed by atoms with E-state index in [0.717, 1.165) is 5.56 Å². The first kappa shape index (κ1) is 12.9. The Balaban J connectivity index is 2.18. The van der Waals surface area contributed by atoms with Crippen molar-refractivity contribution >= 4 is 34.8 Å². The van der Waals surface area contributed by atoms with Crippen LogP contribution in [0.1, 0.15) is 5.56 Å². The van der Waals surface area contributed by atoms with Crippen molar-refractivity contribution in [1.82, 2.24) is 9.97 Å². The van der Waals surface area contributed by atoms with E-state index in [1.807, 2.05) is 18.0 Å². The van der Waals surface area contributed by atoms with E-state index in [2.05, 4.69) is 9.97 Å². The molecule has 0 fully saturated rings. The monoisotopic (exact) mass is 282 g/mol. The first-order chi connectivity index (χ1) is 8.56. The van der Waals surface area contributed by atoms with E-state index in [1.165, 1.54) is 0 Å². The van der Waals surface area contributed by atoms with Crippen molar-refractivity contribution in [1.29, 1.82) is 0 Å². The highest BCUT2D eigenvalue weighted by atomic mass is 35.5. The molecule has 6 heteroatoms. The zero-order valence-electron chi connectivity index (χ0n) is 9.77. The first-order valence-electron chi connectivity index (χ1n) is 5.29. The minimum Gasteiger partial charge on any atom is -0.399 e. The number of nitrogen functional groups attached to an aromatic ring is 1. The lowest BCUT2D eigenvalue weighted by Crippen LogP contribution is -2.19. The Bertz CT molecular complexity index is 542. The zero-order valence-corrected chi connectivity index (χ0v) is 11.3. The Morgan fingerprint density at radius 2 is 1.89 bits per heavy atom. The van der Waals surface area contributed by atoms with Gasteiger partial charge in [-0.05, 0) is 23.8 Å². The SMILES string of the molecule is CN(Cc1cc(N)ccc1Cl)c1ncc(Cl)cn1. The summed E-state index contributed by atoms with van der Waals surface area (Å²) in [5, 5.41) is 1.18. The van der Waals surface area contributed by atoms with E-state index in [0.29, 0.717) is 28.2 Å². The normalized spacial score (nSPS) is 10.4. The maximum absolute atomic E-state index is 6.11. The molecule has 0 aliphatic carbocycles. The number of nitrogens with two attached hydrogens (primary N) is 1. The second-order valence-corrected chi connectivity index (χ2v) is 4.75. The Hall–Kier alpha value is -1.52. The van der Waals surface area contributed by atoms with E-state index < -0.39 is 0 Å². The molecule has 0 bridgehead atoms. The van der Waals surface area contributed by atoms with E-state index in [1.54, 1.807) is 24.5 Å². The fourth-order valence-corrected chi connectivity index (χ4v) is 1.82. The van der Waals surface area contributed by atoms with Gasteiger partial charge in [-0.3, -0.25) is 0 Å². The summed E-state index contributed by atoms with van der Waals surface area (Å²) in [6, 6.07) is 5.39. The summed E-state index contributed by atoms with van der Waals surface area (Å²) in [4.78, 5) is 10.1. The van der Waals surface area contributed by atoms with Crippen LogP contribution in [0.2, 0.25) is 10.0 Å². The number of aromatic nitrogens is 2. The topological polar surface area (TPSA) is 55.0 Å². The van der Waals surface area contributed by atoms with E-state index >= 15 is 0 Å². The van der Waals surface area contributed by atoms with Crippen molar-refractivity contribution in [2.24, 2.45) is 0 Å². The predicted molar refractivity (Wildman–Crippen MR) is 75.0 cm³/mol. The summed E-state index contributed by atoms with van der Waals surface area (Å²) in [5.74, 6) is 0.581. The molecule has 0 saturated heterocycles. The maximum atomic E-state index is 6.11. The summed E-state index contributed by atoms with van der Waals surface area (Å²) in [6.07, 6.45) is 3.11. The zero-order chi connectivity index (χ0) is 13.1. The average Bonchev–Trinajstić information content (AvgIpc) is 2.34. The van der Waals surface area contributed by atoms with Gasteiger partial charge in [-0.2, -0.15) is 0 Å². The molecule has 94 valence electrons. The van der Waals surface area contributed by atoms with Crippen molar-refractivity contribution in [3.05, 3.63) is 46.2 Å². The first-order valence-corrected chi connectivity index (χ1v) is 6.04. The van der Waals surface area contributed by atoms with Crippen LogP contribution in [0.5, 0.6) is 0 Å². The van der Waals surface area contributed by atoms with Gasteiger partial charge in [0.15, 0.2) is 0 Å². The summed E-state index contributed by atoms with van der Waals surface area (Å²) < 4.78 is 0. The van der Waals surface area contributed by atoms with Gasteiger partial charge < -0.3 is 10.6 Å². The van der Waals surface area contributed by atoms with Crippen molar-refractivity contribution in [2.45, 2.75) is 6.54 Å². The molecule has 4 nitrogen and oxygen atoms in total. The molecule has 1 aromatic carbocycles. The summed E-state index contributed by atoms with van der Waals surface area (Å²) in [7, 11) is 1.88. The number of rotatable bonds is 3. The van der Waals surface area contributed by atoms with E-state index in [4.69, 9.17) is 28.9 Å². The standard InChI is InChI=1S/C12H12Cl2N4/c1-18(12-16-5-9(13)6-17-12)7-8-4-10(15)2-3-11(8)14/h2-6H,7,15H2,1H3. The smallest absolute Gasteiger partial charge is 0.225 e. The second-order valence-electron chi connectivity index (χ2n) is 3.91. The summed E-state index contributed by atoms with van der Waals surface area (Å²) in [6.45, 7) is 0.575. The van der Waals surface area contributed by atoms with Gasteiger partial charge in [0.05, 0.1) is 17.4 Å². The van der Waals surface area contributed by atoms with Crippen LogP contribution >= 0.6 is 23.2 Å². The van der Waals surface area contributed by atoms with Crippen molar-refractivity contribution in [3.63, 3.8) is 0 Å². The van der Waals surface area contributed by atoms with Gasteiger partial charge in [-0.25, -0.2) is 9.97 Å². The largest absolute Gasteiger partial charge is 0.399 e. The van der Waals surface area contributed by atoms with Gasteiger partial charge in [0, 0.05) is 24.3 Å². The lowest BCUT2D eigenvalue weighted by Gasteiger charge is -2.17. The number of hydrogen-bond donors (Lipinski definition) is 1. The average molecular weight is 283 g/mol. The Morgan fingerprint density at radius 1 is 1.22 bits per heavy atom. The third-order valence-corrected chi connectivity index (χ3v) is 2.99. The van der Waals surface area contributed by atoms with Crippen LogP contribution in [-0.4, -0.2) is 17.0 Å². The van der Waals surface area contributed by atoms with Crippen LogP contribution in [0.25, 0.3) is 0 Å². The molecule has 2 N–H and O–H groups in total. The van der Waals surface area contributed by atoms with E-state index in [-0.39, 0.29) is 0 Å². The third kappa shape index (κ3) is 3.03. The fourth-order valence-electron chi connectivity index (χ4n) is 1.54. The predicted octanol–water partition coefficient (Wildman–Crippen LogP) is 3.00. The minimum atomic E-state index is 0.508. The molecular weight excluding hydrogens is 271 g/mol. The van der Waals surface area contributed by atoms with Gasteiger partial charge >= 0.3 is 0 Å². The van der Waals surface area contributed by atoms with Crippen LogP contribution in [0.3, 0.4) is 0 Å². The Morgan fingerprint density at radius 3 is 2.56 bits per heavy atom. The van der Waals surface area contributed by atoms with Crippen molar-refractivity contribution in [2.75, 3.05) is 17.7 Å². The molecule has 18 heavy (non-hydrogen) atoms. The molecule has 0 amide bonds. The Kier molecular flexibility index (Phi) is 3.89. The molecule has 0 spiro atoms. The summed E-state index contributed by atoms with van der Waals surface area (Å²) in [5.41, 5.74) is 7.34. The highest BCUT2D eigenvalue weighted by molar-refractivity contribution is 6.31. The molecule has 0 radical (unpaired) electrons. The number of hydrogen-bond acceptors (Lipinski definition) is 4. The van der Waals surface area contributed by atoms with Crippen LogP contribution in [0.15, 0.2) is 30.6 Å². The highest BCUT2D eigenvalue weighted by Gasteiger charge is 2.08. The number of nitrogens with zero attached hydrogens (tertiary/aromatic N) is 3. The third-order valence-electron chi connectivity index (χ3n) is 2.43. The lowest BCUT2D eigenvalue weighted by molar-refractivity contribution is 0.867. The minimum absolute atomic E-state index is 0.508. The molecule has 0 unspecified atom stereocenters. The molecule has 0 atom stereocenters. The van der Waals surface area contributed by atoms with Crippen LogP contribution in [0, 0.1) is 0 Å². The molecule has 1 heterocycles. The quantitative estimate of drug-likeness (QED) is 0.880. The molecule has 0 aliphatic heterocycles. The summed E-state index contributed by atoms with van der Waals surface area (Å²) >= 11 is 11.9. The van der Waals surface area contributed by atoms with E-state index in [9.17, 15) is 0 Å². The number of anilines is 2. The number of halogens is 2. The maximum Gasteiger partial charge on any atom is 0.225 e.